The maximum Gasteiger partial charge on any atom is 0.407 e. The fraction of sp³-hybridized carbons (Fsp3) is 0.444. The number of carboxylic acids is 1. The van der Waals surface area contributed by atoms with E-state index < -0.39 is 30.1 Å². The third kappa shape index (κ3) is 5.08. The van der Waals surface area contributed by atoms with Gasteiger partial charge in [0.2, 0.25) is 5.91 Å². The van der Waals surface area contributed by atoms with Gasteiger partial charge in [-0.3, -0.25) is 9.59 Å². The molecule has 0 saturated heterocycles. The maximum atomic E-state index is 12.9. The lowest BCUT2D eigenvalue weighted by atomic mass is 9.94. The van der Waals surface area contributed by atoms with Crippen molar-refractivity contribution >= 4 is 18.0 Å². The lowest BCUT2D eigenvalue weighted by Gasteiger charge is -2.25. The third-order valence-electron chi connectivity index (χ3n) is 7.02. The van der Waals surface area contributed by atoms with Crippen molar-refractivity contribution in [3.8, 4) is 11.1 Å². The van der Waals surface area contributed by atoms with Gasteiger partial charge in [-0.2, -0.15) is 0 Å². The van der Waals surface area contributed by atoms with Crippen LogP contribution in [-0.2, 0) is 14.3 Å². The first kappa shape index (κ1) is 23.8. The molecule has 0 heterocycles. The molecule has 0 bridgehead atoms. The zero-order valence-corrected chi connectivity index (χ0v) is 19.5. The van der Waals surface area contributed by atoms with Crippen LogP contribution in [0.3, 0.4) is 0 Å². The third-order valence-corrected chi connectivity index (χ3v) is 7.02. The number of carbonyl (C=O) groups excluding carboxylic acids is 2. The number of hydrogen-bond donors (Lipinski definition) is 3. The van der Waals surface area contributed by atoms with E-state index in [1.165, 1.54) is 0 Å². The molecular weight excluding hydrogens is 432 g/mol. The highest BCUT2D eigenvalue weighted by Gasteiger charge is 2.33. The normalized spacial score (nSPS) is 20.4. The van der Waals surface area contributed by atoms with E-state index in [4.69, 9.17) is 4.74 Å². The predicted molar refractivity (Wildman–Crippen MR) is 128 cm³/mol. The SMILES string of the molecule is CCC(NC(=O)OCC1c2ccccc2-c2ccccc21)C(=O)NC1CCCCCC1C(=O)O. The number of alkyl carbamates (subject to hydrolysis) is 1. The molecule has 0 aromatic heterocycles. The number of rotatable bonds is 7. The summed E-state index contributed by atoms with van der Waals surface area (Å²) in [6.45, 7) is 1.97. The zero-order chi connectivity index (χ0) is 24.1. The number of ether oxygens (including phenoxy) is 1. The van der Waals surface area contributed by atoms with E-state index in [1.807, 2.05) is 24.3 Å². The smallest absolute Gasteiger partial charge is 0.407 e. The van der Waals surface area contributed by atoms with Crippen LogP contribution in [0.4, 0.5) is 4.79 Å². The first-order valence-corrected chi connectivity index (χ1v) is 12.1. The highest BCUT2D eigenvalue weighted by molar-refractivity contribution is 5.86. The van der Waals surface area contributed by atoms with Crippen molar-refractivity contribution in [1.82, 2.24) is 10.6 Å². The van der Waals surface area contributed by atoms with Crippen LogP contribution in [0.25, 0.3) is 11.1 Å². The van der Waals surface area contributed by atoms with Crippen molar-refractivity contribution < 1.29 is 24.2 Å². The fourth-order valence-corrected chi connectivity index (χ4v) is 5.19. The van der Waals surface area contributed by atoms with E-state index in [1.54, 1.807) is 6.92 Å². The number of benzene rings is 2. The van der Waals surface area contributed by atoms with Gasteiger partial charge < -0.3 is 20.5 Å². The average Bonchev–Trinajstić information content (AvgIpc) is 2.97. The highest BCUT2D eigenvalue weighted by Crippen LogP contribution is 2.44. The van der Waals surface area contributed by atoms with Crippen LogP contribution in [0.2, 0.25) is 0 Å². The van der Waals surface area contributed by atoms with Gasteiger partial charge >= 0.3 is 12.1 Å². The van der Waals surface area contributed by atoms with Crippen LogP contribution in [0, 0.1) is 5.92 Å². The molecule has 2 amide bonds. The molecule has 34 heavy (non-hydrogen) atoms. The maximum absolute atomic E-state index is 12.9. The van der Waals surface area contributed by atoms with Gasteiger partial charge in [0.25, 0.3) is 0 Å². The van der Waals surface area contributed by atoms with Gasteiger partial charge in [0.05, 0.1) is 5.92 Å². The van der Waals surface area contributed by atoms with Crippen molar-refractivity contribution in [3.63, 3.8) is 0 Å². The molecule has 1 saturated carbocycles. The predicted octanol–water partition coefficient (Wildman–Crippen LogP) is 4.45. The quantitative estimate of drug-likeness (QED) is 0.525. The topological polar surface area (TPSA) is 105 Å². The molecule has 4 rings (SSSR count). The first-order valence-electron chi connectivity index (χ1n) is 12.1. The zero-order valence-electron chi connectivity index (χ0n) is 19.5. The number of carboxylic acid groups (broad SMARTS) is 1. The summed E-state index contributed by atoms with van der Waals surface area (Å²) >= 11 is 0. The molecule has 0 aliphatic heterocycles. The molecule has 2 aliphatic carbocycles. The monoisotopic (exact) mass is 464 g/mol. The van der Waals surface area contributed by atoms with Gasteiger partial charge in [-0.15, -0.1) is 0 Å². The molecule has 0 spiro atoms. The Bertz CT molecular complexity index is 1010. The van der Waals surface area contributed by atoms with Crippen LogP contribution in [0.5, 0.6) is 0 Å². The summed E-state index contributed by atoms with van der Waals surface area (Å²) in [6, 6.07) is 15.0. The molecule has 7 nitrogen and oxygen atoms in total. The Labute approximate surface area is 199 Å². The average molecular weight is 465 g/mol. The van der Waals surface area contributed by atoms with Crippen molar-refractivity contribution in [2.75, 3.05) is 6.61 Å². The van der Waals surface area contributed by atoms with Gasteiger partial charge in [0.1, 0.15) is 12.6 Å². The Morgan fingerprint density at radius 3 is 2.21 bits per heavy atom. The van der Waals surface area contributed by atoms with E-state index in [0.29, 0.717) is 19.3 Å². The van der Waals surface area contributed by atoms with Crippen LogP contribution >= 0.6 is 0 Å². The van der Waals surface area contributed by atoms with Crippen LogP contribution < -0.4 is 10.6 Å². The summed E-state index contributed by atoms with van der Waals surface area (Å²) < 4.78 is 5.57. The Hall–Kier alpha value is -3.35. The molecule has 3 atom stereocenters. The summed E-state index contributed by atoms with van der Waals surface area (Å²) in [6.07, 6.45) is 3.59. The van der Waals surface area contributed by atoms with Gasteiger partial charge in [0, 0.05) is 12.0 Å². The van der Waals surface area contributed by atoms with E-state index in [2.05, 4.69) is 34.9 Å². The van der Waals surface area contributed by atoms with Gasteiger partial charge in [-0.05, 0) is 41.5 Å². The molecular formula is C27H32N2O5. The van der Waals surface area contributed by atoms with Gasteiger partial charge in [-0.25, -0.2) is 4.79 Å². The molecule has 1 fully saturated rings. The molecule has 3 N–H and O–H groups in total. The van der Waals surface area contributed by atoms with Gasteiger partial charge in [0.15, 0.2) is 0 Å². The summed E-state index contributed by atoms with van der Waals surface area (Å²) in [7, 11) is 0. The van der Waals surface area contributed by atoms with E-state index in [-0.39, 0.29) is 18.4 Å². The Morgan fingerprint density at radius 1 is 0.971 bits per heavy atom. The summed E-state index contributed by atoms with van der Waals surface area (Å²) in [4.78, 5) is 37.1. The summed E-state index contributed by atoms with van der Waals surface area (Å²) in [5.74, 6) is -1.91. The van der Waals surface area contributed by atoms with E-state index >= 15 is 0 Å². The van der Waals surface area contributed by atoms with Crippen LogP contribution in [-0.4, -0.2) is 41.8 Å². The fourth-order valence-electron chi connectivity index (χ4n) is 5.19. The largest absolute Gasteiger partial charge is 0.481 e. The molecule has 7 heteroatoms. The lowest BCUT2D eigenvalue weighted by molar-refractivity contribution is -0.143. The van der Waals surface area contributed by atoms with Crippen LogP contribution in [0.15, 0.2) is 48.5 Å². The lowest BCUT2D eigenvalue weighted by Crippen LogP contribution is -2.52. The molecule has 2 aliphatic rings. The standard InChI is InChI=1S/C27H32N2O5/c1-2-23(25(30)28-24-15-5-3-4-14-21(24)26(31)32)29-27(33)34-16-22-19-12-8-6-10-17(19)18-11-7-9-13-20(18)22/h6-13,21-24H,2-5,14-16H2,1H3,(H,28,30)(H,29,33)(H,31,32). The minimum Gasteiger partial charge on any atom is -0.481 e. The first-order chi connectivity index (χ1) is 16.5. The number of aliphatic carboxylic acids is 1. The minimum absolute atomic E-state index is 0.0608. The Morgan fingerprint density at radius 2 is 1.59 bits per heavy atom. The summed E-state index contributed by atoms with van der Waals surface area (Å²) in [5, 5.41) is 15.1. The second-order valence-corrected chi connectivity index (χ2v) is 9.13. The second kappa shape index (κ2) is 10.7. The minimum atomic E-state index is -0.884. The Kier molecular flexibility index (Phi) is 7.50. The number of fused-ring (bicyclic) bond motifs is 3. The molecule has 0 radical (unpaired) electrons. The van der Waals surface area contributed by atoms with Crippen molar-refractivity contribution in [2.45, 2.75) is 63.5 Å². The van der Waals surface area contributed by atoms with Crippen molar-refractivity contribution in [3.05, 3.63) is 59.7 Å². The Balaban J connectivity index is 1.36. The molecule has 3 unspecified atom stereocenters. The summed E-state index contributed by atoms with van der Waals surface area (Å²) in [5.41, 5.74) is 4.53. The van der Waals surface area contributed by atoms with E-state index in [0.717, 1.165) is 41.5 Å². The number of hydrogen-bond acceptors (Lipinski definition) is 4. The highest BCUT2D eigenvalue weighted by atomic mass is 16.5. The molecule has 2 aromatic rings. The number of carbonyl (C=O) groups is 3. The number of nitrogens with one attached hydrogen (secondary N) is 2. The van der Waals surface area contributed by atoms with Crippen molar-refractivity contribution in [2.24, 2.45) is 5.92 Å². The second-order valence-electron chi connectivity index (χ2n) is 9.13. The molecule has 180 valence electrons. The van der Waals surface area contributed by atoms with Gasteiger partial charge in [-0.1, -0.05) is 74.7 Å². The van der Waals surface area contributed by atoms with E-state index in [9.17, 15) is 19.5 Å². The van der Waals surface area contributed by atoms with Crippen molar-refractivity contribution in [1.29, 1.82) is 0 Å². The van der Waals surface area contributed by atoms with Crippen LogP contribution in [0.1, 0.15) is 62.5 Å². The molecule has 2 aromatic carbocycles. The number of amides is 2.